The second-order valence-electron chi connectivity index (χ2n) is 3.94. The first kappa shape index (κ1) is 8.18. The van der Waals surface area contributed by atoms with Crippen molar-refractivity contribution in [3.05, 3.63) is 33.6 Å². The Morgan fingerprint density at radius 2 is 2.17 bits per heavy atom. The Morgan fingerprint density at radius 3 is 2.92 bits per heavy atom. The summed E-state index contributed by atoms with van der Waals surface area (Å²) >= 11 is 1.93. The fraction of sp³-hybridized carbons (Fsp3) is 0.455. The number of hydrogen-bond donors (Lipinski definition) is 0. The topological polar surface area (TPSA) is 0 Å². The third-order valence-electron chi connectivity index (χ3n) is 2.56. The third-order valence-corrected chi connectivity index (χ3v) is 3.81. The first-order valence-electron chi connectivity index (χ1n) is 4.36. The van der Waals surface area contributed by atoms with E-state index in [1.807, 2.05) is 11.8 Å². The van der Waals surface area contributed by atoms with Crippen molar-refractivity contribution in [2.24, 2.45) is 5.41 Å². The molecule has 0 amide bonds. The van der Waals surface area contributed by atoms with E-state index in [9.17, 15) is 0 Å². The first-order chi connectivity index (χ1) is 5.60. The molecule has 0 N–H and O–H groups in total. The van der Waals surface area contributed by atoms with Crippen molar-refractivity contribution < 1.29 is 0 Å². The van der Waals surface area contributed by atoms with Gasteiger partial charge < -0.3 is 0 Å². The van der Waals surface area contributed by atoms with Crippen LogP contribution < -0.4 is 0 Å². The SMILES string of the molecule is CC1=CCC2(C)C=C(C)SC2=C1. The number of rotatable bonds is 0. The van der Waals surface area contributed by atoms with Crippen molar-refractivity contribution in [3.63, 3.8) is 0 Å². The molecule has 0 aromatic carbocycles. The lowest BCUT2D eigenvalue weighted by molar-refractivity contribution is 0.547. The molecule has 0 fully saturated rings. The molecule has 0 spiro atoms. The molecule has 2 rings (SSSR count). The van der Waals surface area contributed by atoms with Gasteiger partial charge in [0.25, 0.3) is 0 Å². The third kappa shape index (κ3) is 1.16. The van der Waals surface area contributed by atoms with Crippen LogP contribution in [0.25, 0.3) is 0 Å². The first-order valence-corrected chi connectivity index (χ1v) is 5.18. The summed E-state index contributed by atoms with van der Waals surface area (Å²) in [6, 6.07) is 0. The monoisotopic (exact) mass is 178 g/mol. The molecule has 12 heavy (non-hydrogen) atoms. The highest BCUT2D eigenvalue weighted by Crippen LogP contribution is 2.52. The molecular formula is C11H14S. The van der Waals surface area contributed by atoms with Crippen LogP contribution in [0.1, 0.15) is 27.2 Å². The number of hydrogen-bond acceptors (Lipinski definition) is 1. The van der Waals surface area contributed by atoms with Gasteiger partial charge in [0.1, 0.15) is 0 Å². The van der Waals surface area contributed by atoms with Gasteiger partial charge in [-0.15, -0.1) is 0 Å². The van der Waals surface area contributed by atoms with Crippen molar-refractivity contribution in [1.82, 2.24) is 0 Å². The molecule has 0 saturated heterocycles. The lowest BCUT2D eigenvalue weighted by Crippen LogP contribution is -2.13. The fourth-order valence-corrected chi connectivity index (χ4v) is 3.12. The summed E-state index contributed by atoms with van der Waals surface area (Å²) in [4.78, 5) is 2.98. The largest absolute Gasteiger partial charge is 0.0987 e. The second-order valence-corrected chi connectivity index (χ2v) is 5.22. The molecule has 0 aromatic heterocycles. The number of allylic oxidation sites excluding steroid dienone is 6. The molecule has 0 bridgehead atoms. The van der Waals surface area contributed by atoms with E-state index in [0.29, 0.717) is 5.41 Å². The summed E-state index contributed by atoms with van der Waals surface area (Å²) in [6.45, 7) is 6.70. The van der Waals surface area contributed by atoms with Crippen LogP contribution in [0.4, 0.5) is 0 Å². The Balaban J connectivity index is 2.39. The minimum atomic E-state index is 0.328. The Morgan fingerprint density at radius 1 is 1.42 bits per heavy atom. The molecule has 1 aliphatic heterocycles. The summed E-state index contributed by atoms with van der Waals surface area (Å²) in [5.74, 6) is 0. The van der Waals surface area contributed by atoms with Crippen LogP contribution in [-0.2, 0) is 0 Å². The van der Waals surface area contributed by atoms with E-state index in [4.69, 9.17) is 0 Å². The van der Waals surface area contributed by atoms with Gasteiger partial charge in [0.05, 0.1) is 0 Å². The van der Waals surface area contributed by atoms with Gasteiger partial charge in [-0.1, -0.05) is 36.4 Å². The van der Waals surface area contributed by atoms with E-state index in [2.05, 4.69) is 39.0 Å². The smallest absolute Gasteiger partial charge is 0.0212 e. The van der Waals surface area contributed by atoms with Crippen LogP contribution in [0.5, 0.6) is 0 Å². The van der Waals surface area contributed by atoms with Crippen molar-refractivity contribution in [2.75, 3.05) is 0 Å². The average molecular weight is 178 g/mol. The van der Waals surface area contributed by atoms with Gasteiger partial charge in [-0.05, 0) is 36.2 Å². The van der Waals surface area contributed by atoms with Crippen LogP contribution >= 0.6 is 11.8 Å². The lowest BCUT2D eigenvalue weighted by Gasteiger charge is -2.25. The van der Waals surface area contributed by atoms with E-state index in [1.165, 1.54) is 21.8 Å². The summed E-state index contributed by atoms with van der Waals surface area (Å²) in [7, 11) is 0. The zero-order chi connectivity index (χ0) is 8.77. The summed E-state index contributed by atoms with van der Waals surface area (Å²) in [5, 5.41) is 0. The highest BCUT2D eigenvalue weighted by Gasteiger charge is 2.33. The summed E-state index contributed by atoms with van der Waals surface area (Å²) < 4.78 is 0. The van der Waals surface area contributed by atoms with Crippen molar-refractivity contribution >= 4 is 11.8 Å². The average Bonchev–Trinajstić information content (AvgIpc) is 2.24. The molecule has 1 aliphatic carbocycles. The molecule has 0 aromatic rings. The molecule has 1 atom stereocenters. The van der Waals surface area contributed by atoms with Gasteiger partial charge in [-0.2, -0.15) is 0 Å². The molecule has 1 heteroatoms. The van der Waals surface area contributed by atoms with Crippen LogP contribution in [0, 0.1) is 5.41 Å². The maximum Gasteiger partial charge on any atom is 0.0212 e. The van der Waals surface area contributed by atoms with Crippen LogP contribution in [0.3, 0.4) is 0 Å². The molecule has 2 aliphatic rings. The van der Waals surface area contributed by atoms with E-state index < -0.39 is 0 Å². The molecule has 0 nitrogen and oxygen atoms in total. The predicted octanol–water partition coefficient (Wildman–Crippen LogP) is 3.88. The molecule has 1 heterocycles. The van der Waals surface area contributed by atoms with Gasteiger partial charge in [-0.25, -0.2) is 0 Å². The van der Waals surface area contributed by atoms with E-state index >= 15 is 0 Å². The lowest BCUT2D eigenvalue weighted by atomic mass is 9.82. The molecular weight excluding hydrogens is 164 g/mol. The molecule has 1 unspecified atom stereocenters. The molecule has 64 valence electrons. The molecule has 0 saturated carbocycles. The minimum Gasteiger partial charge on any atom is -0.0987 e. The highest BCUT2D eigenvalue weighted by atomic mass is 32.2. The van der Waals surface area contributed by atoms with Crippen LogP contribution in [0.15, 0.2) is 33.6 Å². The van der Waals surface area contributed by atoms with Gasteiger partial charge in [0.15, 0.2) is 0 Å². The summed E-state index contributed by atoms with van der Waals surface area (Å²) in [6.07, 6.45) is 8.22. The van der Waals surface area contributed by atoms with E-state index in [1.54, 1.807) is 0 Å². The van der Waals surface area contributed by atoms with Crippen molar-refractivity contribution in [1.29, 1.82) is 0 Å². The predicted molar refractivity (Wildman–Crippen MR) is 55.9 cm³/mol. The Kier molecular flexibility index (Phi) is 1.72. The normalized spacial score (nSPS) is 33.8. The molecule has 0 radical (unpaired) electrons. The van der Waals surface area contributed by atoms with Crippen molar-refractivity contribution in [3.8, 4) is 0 Å². The summed E-state index contributed by atoms with van der Waals surface area (Å²) in [5.41, 5.74) is 1.74. The highest BCUT2D eigenvalue weighted by molar-refractivity contribution is 8.07. The van der Waals surface area contributed by atoms with E-state index in [-0.39, 0.29) is 0 Å². The fourth-order valence-electron chi connectivity index (χ4n) is 1.83. The standard InChI is InChI=1S/C11H14S/c1-8-4-5-11(3)7-9(2)12-10(11)6-8/h4,6-7H,5H2,1-3H3. The van der Waals surface area contributed by atoms with Gasteiger partial charge >= 0.3 is 0 Å². The minimum absolute atomic E-state index is 0.328. The van der Waals surface area contributed by atoms with Gasteiger partial charge in [-0.3, -0.25) is 0 Å². The zero-order valence-electron chi connectivity index (χ0n) is 7.85. The Hall–Kier alpha value is -0.430. The van der Waals surface area contributed by atoms with Crippen LogP contribution in [0.2, 0.25) is 0 Å². The second kappa shape index (κ2) is 2.53. The van der Waals surface area contributed by atoms with Gasteiger partial charge in [0.2, 0.25) is 0 Å². The number of thioether (sulfide) groups is 1. The van der Waals surface area contributed by atoms with Crippen LogP contribution in [-0.4, -0.2) is 0 Å². The Bertz CT molecular complexity index is 307. The maximum absolute atomic E-state index is 2.40. The number of fused-ring (bicyclic) bond motifs is 1. The Labute approximate surface area is 78.4 Å². The quantitative estimate of drug-likeness (QED) is 0.542. The maximum atomic E-state index is 2.40. The zero-order valence-corrected chi connectivity index (χ0v) is 8.66. The van der Waals surface area contributed by atoms with Crippen molar-refractivity contribution in [2.45, 2.75) is 27.2 Å². The van der Waals surface area contributed by atoms with E-state index in [0.717, 1.165) is 0 Å². The van der Waals surface area contributed by atoms with Gasteiger partial charge in [0, 0.05) is 5.41 Å².